The summed E-state index contributed by atoms with van der Waals surface area (Å²) in [6.07, 6.45) is 11.8. The van der Waals surface area contributed by atoms with E-state index < -0.39 is 0 Å². The molecule has 186 valence electrons. The van der Waals surface area contributed by atoms with E-state index in [4.69, 9.17) is 0 Å². The van der Waals surface area contributed by atoms with Gasteiger partial charge in [-0.25, -0.2) is 4.98 Å². The fourth-order valence-electron chi connectivity index (χ4n) is 8.74. The molecule has 7 atom stereocenters. The van der Waals surface area contributed by atoms with Crippen molar-refractivity contribution in [3.63, 3.8) is 0 Å². The molecule has 0 spiro atoms. The Bertz CT molecular complexity index is 1220. The molecule has 1 N–H and O–H groups in total. The first-order valence-corrected chi connectivity index (χ1v) is 14.1. The minimum absolute atomic E-state index is 0.0794. The number of hydrogen-bond donors (Lipinski definition) is 1. The molecule has 0 radical (unpaired) electrons. The van der Waals surface area contributed by atoms with E-state index in [0.717, 1.165) is 33.8 Å². The third kappa shape index (κ3) is 3.58. The Morgan fingerprint density at radius 2 is 2.00 bits per heavy atom. The summed E-state index contributed by atoms with van der Waals surface area (Å²) in [5.74, 6) is 2.76. The zero-order chi connectivity index (χ0) is 24.5. The molecule has 35 heavy (non-hydrogen) atoms. The minimum Gasteiger partial charge on any atom is -0.338 e. The van der Waals surface area contributed by atoms with E-state index in [1.165, 1.54) is 25.7 Å². The predicted octanol–water partition coefficient (Wildman–Crippen LogP) is 6.19. The topological polar surface area (TPSA) is 62.3 Å². The highest BCUT2D eigenvalue weighted by molar-refractivity contribution is 7.18. The van der Waals surface area contributed by atoms with Crippen molar-refractivity contribution in [1.29, 1.82) is 0 Å². The molecule has 4 aliphatic rings. The van der Waals surface area contributed by atoms with Gasteiger partial charge in [-0.2, -0.15) is 0 Å². The zero-order valence-corrected chi connectivity index (χ0v) is 22.2. The van der Waals surface area contributed by atoms with E-state index in [0.29, 0.717) is 36.1 Å². The highest BCUT2D eigenvalue weighted by Crippen LogP contribution is 2.66. The summed E-state index contributed by atoms with van der Waals surface area (Å²) in [5.41, 5.74) is 2.19. The van der Waals surface area contributed by atoms with Gasteiger partial charge in [0, 0.05) is 30.6 Å². The monoisotopic (exact) mass is 491 g/mol. The molecule has 1 aromatic heterocycles. The van der Waals surface area contributed by atoms with Crippen LogP contribution in [0.2, 0.25) is 0 Å². The standard InChI is InChI=1S/C29H37N3O2S/c1-17-30-23-9-6-19(16-24(23)35-17)31-26(33)15-18-5-8-21-20-7-10-25-29(3,14-12-27(34)32(25)4)22(20)11-13-28(18,21)2/h6,9,12,14,16,18,20-22,25H,5,7-8,10-11,13,15H2,1-4H3,(H,31,33)/t18-,20?,21?,22?,25?,28-,29-/m1/s1. The quantitative estimate of drug-likeness (QED) is 0.557. The van der Waals surface area contributed by atoms with E-state index in [9.17, 15) is 9.59 Å². The molecule has 1 aromatic carbocycles. The molecule has 1 aliphatic heterocycles. The van der Waals surface area contributed by atoms with Crippen molar-refractivity contribution in [2.24, 2.45) is 34.5 Å². The minimum atomic E-state index is 0.0794. The maximum absolute atomic E-state index is 13.1. The van der Waals surface area contributed by atoms with Gasteiger partial charge in [0.15, 0.2) is 0 Å². The van der Waals surface area contributed by atoms with Crippen LogP contribution >= 0.6 is 11.3 Å². The smallest absolute Gasteiger partial charge is 0.246 e. The number of carbonyl (C=O) groups excluding carboxylic acids is 2. The van der Waals surface area contributed by atoms with Gasteiger partial charge in [-0.1, -0.05) is 19.9 Å². The maximum Gasteiger partial charge on any atom is 0.246 e. The van der Waals surface area contributed by atoms with Gasteiger partial charge in [0.1, 0.15) is 0 Å². The number of hydrogen-bond acceptors (Lipinski definition) is 4. The number of nitrogens with one attached hydrogen (secondary N) is 1. The number of fused-ring (bicyclic) bond motifs is 6. The first-order valence-electron chi connectivity index (χ1n) is 13.3. The van der Waals surface area contributed by atoms with Crippen LogP contribution in [0.3, 0.4) is 0 Å². The molecule has 3 saturated carbocycles. The Morgan fingerprint density at radius 3 is 2.83 bits per heavy atom. The second-order valence-electron chi connectivity index (χ2n) is 12.1. The van der Waals surface area contributed by atoms with Crippen LogP contribution in [0.1, 0.15) is 63.8 Å². The Hall–Kier alpha value is -2.21. The maximum atomic E-state index is 13.1. The third-order valence-corrected chi connectivity index (χ3v) is 11.5. The summed E-state index contributed by atoms with van der Waals surface area (Å²) in [4.78, 5) is 32.0. The number of anilines is 1. The molecule has 6 rings (SSSR count). The van der Waals surface area contributed by atoms with E-state index in [-0.39, 0.29) is 22.6 Å². The number of thiazole rings is 1. The molecule has 6 heteroatoms. The van der Waals surface area contributed by atoms with Gasteiger partial charge in [-0.15, -0.1) is 11.3 Å². The van der Waals surface area contributed by atoms with Gasteiger partial charge in [-0.05, 0) is 98.8 Å². The molecule has 2 amide bonds. The van der Waals surface area contributed by atoms with Crippen molar-refractivity contribution >= 4 is 39.1 Å². The van der Waals surface area contributed by atoms with Crippen LogP contribution in [-0.4, -0.2) is 34.8 Å². The summed E-state index contributed by atoms with van der Waals surface area (Å²) in [5, 5.41) is 4.23. The van der Waals surface area contributed by atoms with Crippen LogP contribution in [0.5, 0.6) is 0 Å². The lowest BCUT2D eigenvalue weighted by molar-refractivity contribution is -0.139. The fourth-order valence-corrected chi connectivity index (χ4v) is 9.60. The Kier molecular flexibility index (Phi) is 5.41. The highest BCUT2D eigenvalue weighted by Gasteiger charge is 2.60. The fraction of sp³-hybridized carbons (Fsp3) is 0.621. The molecule has 0 bridgehead atoms. The molecule has 3 aliphatic carbocycles. The Balaban J connectivity index is 1.17. The number of amides is 2. The van der Waals surface area contributed by atoms with Crippen molar-refractivity contribution < 1.29 is 9.59 Å². The summed E-state index contributed by atoms with van der Waals surface area (Å²) in [7, 11) is 1.99. The van der Waals surface area contributed by atoms with Crippen molar-refractivity contribution in [3.05, 3.63) is 35.4 Å². The van der Waals surface area contributed by atoms with Crippen molar-refractivity contribution in [3.8, 4) is 0 Å². The van der Waals surface area contributed by atoms with Crippen molar-refractivity contribution in [2.45, 2.75) is 71.8 Å². The van der Waals surface area contributed by atoms with E-state index in [1.807, 2.05) is 37.1 Å². The summed E-state index contributed by atoms with van der Waals surface area (Å²) in [6, 6.07) is 6.36. The van der Waals surface area contributed by atoms with Crippen LogP contribution in [0.25, 0.3) is 10.2 Å². The van der Waals surface area contributed by atoms with Gasteiger partial charge >= 0.3 is 0 Å². The van der Waals surface area contributed by atoms with Gasteiger partial charge in [-0.3, -0.25) is 9.59 Å². The van der Waals surface area contributed by atoms with Gasteiger partial charge < -0.3 is 10.2 Å². The Morgan fingerprint density at radius 1 is 1.17 bits per heavy atom. The normalized spacial score (nSPS) is 38.2. The molecule has 3 fully saturated rings. The Labute approximate surface area is 212 Å². The summed E-state index contributed by atoms with van der Waals surface area (Å²) < 4.78 is 1.12. The number of benzene rings is 1. The van der Waals surface area contributed by atoms with Gasteiger partial charge in [0.05, 0.1) is 15.2 Å². The SMILES string of the molecule is Cc1nc2ccc(NC(=O)C[C@H]3CCC4C5CCC6N(C)C(=O)C=C[C@]6(C)C5CC[C@@]43C)cc2s1. The molecule has 2 aromatic rings. The number of nitrogens with zero attached hydrogens (tertiary/aromatic N) is 2. The molecule has 2 heterocycles. The first-order chi connectivity index (χ1) is 16.7. The largest absolute Gasteiger partial charge is 0.338 e. The zero-order valence-electron chi connectivity index (χ0n) is 21.3. The van der Waals surface area contributed by atoms with E-state index >= 15 is 0 Å². The first kappa shape index (κ1) is 23.2. The average Bonchev–Trinajstić information content (AvgIpc) is 3.35. The second kappa shape index (κ2) is 8.16. The molecule has 4 unspecified atom stereocenters. The second-order valence-corrected chi connectivity index (χ2v) is 13.3. The molecular weight excluding hydrogens is 454 g/mol. The summed E-state index contributed by atoms with van der Waals surface area (Å²) >= 11 is 1.67. The van der Waals surface area contributed by atoms with Crippen LogP contribution in [-0.2, 0) is 9.59 Å². The van der Waals surface area contributed by atoms with E-state index in [1.54, 1.807) is 11.3 Å². The molecule has 5 nitrogen and oxygen atoms in total. The highest BCUT2D eigenvalue weighted by atomic mass is 32.1. The third-order valence-electron chi connectivity index (χ3n) is 10.5. The lowest BCUT2D eigenvalue weighted by Gasteiger charge is -2.60. The average molecular weight is 492 g/mol. The van der Waals surface area contributed by atoms with Crippen LogP contribution in [0.4, 0.5) is 5.69 Å². The van der Waals surface area contributed by atoms with Crippen molar-refractivity contribution in [1.82, 2.24) is 9.88 Å². The van der Waals surface area contributed by atoms with E-state index in [2.05, 4.69) is 36.3 Å². The summed E-state index contributed by atoms with van der Waals surface area (Å²) in [6.45, 7) is 6.90. The van der Waals surface area contributed by atoms with Crippen molar-refractivity contribution in [2.75, 3.05) is 12.4 Å². The number of aryl methyl sites for hydroxylation is 1. The number of aromatic nitrogens is 1. The van der Waals surface area contributed by atoms with Crippen LogP contribution in [0.15, 0.2) is 30.4 Å². The number of rotatable bonds is 3. The number of carbonyl (C=O) groups is 2. The van der Waals surface area contributed by atoms with Gasteiger partial charge in [0.2, 0.25) is 11.8 Å². The lowest BCUT2D eigenvalue weighted by atomic mass is 9.47. The van der Waals surface area contributed by atoms with Crippen LogP contribution < -0.4 is 5.32 Å². The lowest BCUT2D eigenvalue weighted by Crippen LogP contribution is -2.59. The molecular formula is C29H37N3O2S. The predicted molar refractivity (Wildman–Crippen MR) is 141 cm³/mol. The van der Waals surface area contributed by atoms with Gasteiger partial charge in [0.25, 0.3) is 0 Å². The molecule has 0 saturated heterocycles. The number of likely N-dealkylation sites (N-methyl/N-ethyl adjacent to an activating group) is 1. The van der Waals surface area contributed by atoms with Crippen LogP contribution in [0, 0.1) is 41.4 Å².